The second kappa shape index (κ2) is 3.69. The Labute approximate surface area is 102 Å². The number of rotatable bonds is 2. The minimum absolute atomic E-state index is 0.311. The van der Waals surface area contributed by atoms with E-state index in [4.69, 9.17) is 0 Å². The SMILES string of the molecule is Cn1c(C=O)c(-c2cnc3ccccn23)[nH]c1=O. The zero-order valence-electron chi connectivity index (χ0n) is 9.62. The Morgan fingerprint density at radius 1 is 1.39 bits per heavy atom. The van der Waals surface area contributed by atoms with Gasteiger partial charge in [0.1, 0.15) is 11.3 Å². The fraction of sp³-hybridized carbons (Fsp3) is 0.0833. The molecule has 0 spiro atoms. The van der Waals surface area contributed by atoms with Gasteiger partial charge >= 0.3 is 5.69 Å². The first-order valence-electron chi connectivity index (χ1n) is 5.39. The minimum Gasteiger partial charge on any atom is -0.304 e. The van der Waals surface area contributed by atoms with Crippen molar-refractivity contribution >= 4 is 11.9 Å². The van der Waals surface area contributed by atoms with Gasteiger partial charge in [0.15, 0.2) is 6.29 Å². The van der Waals surface area contributed by atoms with Crippen LogP contribution in [0.4, 0.5) is 0 Å². The van der Waals surface area contributed by atoms with Crippen molar-refractivity contribution in [2.75, 3.05) is 0 Å². The number of H-pyrrole nitrogens is 1. The van der Waals surface area contributed by atoms with Crippen LogP contribution in [-0.2, 0) is 7.05 Å². The number of nitrogens with zero attached hydrogens (tertiary/aromatic N) is 3. The Morgan fingerprint density at radius 2 is 2.22 bits per heavy atom. The van der Waals surface area contributed by atoms with Gasteiger partial charge in [0, 0.05) is 13.2 Å². The summed E-state index contributed by atoms with van der Waals surface area (Å²) in [4.78, 5) is 29.6. The quantitative estimate of drug-likeness (QED) is 0.677. The summed E-state index contributed by atoms with van der Waals surface area (Å²) in [5, 5.41) is 0. The van der Waals surface area contributed by atoms with Crippen LogP contribution in [0.3, 0.4) is 0 Å². The summed E-state index contributed by atoms with van der Waals surface area (Å²) in [5.74, 6) is 0. The summed E-state index contributed by atoms with van der Waals surface area (Å²) in [7, 11) is 1.55. The number of nitrogens with one attached hydrogen (secondary N) is 1. The molecule has 3 aromatic rings. The van der Waals surface area contributed by atoms with E-state index in [2.05, 4.69) is 9.97 Å². The fourth-order valence-electron chi connectivity index (χ4n) is 1.98. The molecule has 0 aliphatic rings. The molecule has 18 heavy (non-hydrogen) atoms. The van der Waals surface area contributed by atoms with Gasteiger partial charge in [-0.15, -0.1) is 0 Å². The number of imidazole rings is 2. The van der Waals surface area contributed by atoms with E-state index >= 15 is 0 Å². The lowest BCUT2D eigenvalue weighted by Crippen LogP contribution is -2.14. The molecule has 0 aliphatic carbocycles. The van der Waals surface area contributed by atoms with Gasteiger partial charge in [-0.3, -0.25) is 13.8 Å². The molecule has 3 aromatic heterocycles. The van der Waals surface area contributed by atoms with E-state index in [9.17, 15) is 9.59 Å². The van der Waals surface area contributed by atoms with Crippen molar-refractivity contribution in [3.05, 3.63) is 46.8 Å². The summed E-state index contributed by atoms with van der Waals surface area (Å²) in [5.41, 5.74) is 1.92. The molecule has 6 heteroatoms. The summed E-state index contributed by atoms with van der Waals surface area (Å²) in [6, 6.07) is 5.59. The van der Waals surface area contributed by atoms with Gasteiger partial charge < -0.3 is 4.98 Å². The van der Waals surface area contributed by atoms with Crippen LogP contribution < -0.4 is 5.69 Å². The Kier molecular flexibility index (Phi) is 2.16. The molecule has 0 aromatic carbocycles. The topological polar surface area (TPSA) is 72.2 Å². The predicted octanol–water partition coefficient (Wildman–Crippen LogP) is 0.841. The van der Waals surface area contributed by atoms with Crippen molar-refractivity contribution in [2.45, 2.75) is 0 Å². The highest BCUT2D eigenvalue weighted by atomic mass is 16.1. The van der Waals surface area contributed by atoms with Crippen molar-refractivity contribution < 1.29 is 4.79 Å². The maximum Gasteiger partial charge on any atom is 0.326 e. The lowest BCUT2D eigenvalue weighted by atomic mass is 10.2. The van der Waals surface area contributed by atoms with Crippen molar-refractivity contribution in [3.8, 4) is 11.4 Å². The third-order valence-corrected chi connectivity index (χ3v) is 2.94. The number of carbonyl (C=O) groups is 1. The van der Waals surface area contributed by atoms with Crippen LogP contribution in [0.5, 0.6) is 0 Å². The van der Waals surface area contributed by atoms with Crippen LogP contribution >= 0.6 is 0 Å². The molecule has 90 valence electrons. The summed E-state index contributed by atoms with van der Waals surface area (Å²) < 4.78 is 3.10. The minimum atomic E-state index is -0.321. The molecule has 0 atom stereocenters. The third-order valence-electron chi connectivity index (χ3n) is 2.94. The smallest absolute Gasteiger partial charge is 0.304 e. The summed E-state index contributed by atoms with van der Waals surface area (Å²) in [6.07, 6.45) is 4.13. The monoisotopic (exact) mass is 242 g/mol. The second-order valence-electron chi connectivity index (χ2n) is 3.94. The summed E-state index contributed by atoms with van der Waals surface area (Å²) in [6.45, 7) is 0. The molecule has 0 bridgehead atoms. The van der Waals surface area contributed by atoms with Gasteiger partial charge in [0.25, 0.3) is 0 Å². The molecule has 0 saturated carbocycles. The molecule has 3 rings (SSSR count). The third kappa shape index (κ3) is 1.32. The van der Waals surface area contributed by atoms with Crippen LogP contribution in [0, 0.1) is 0 Å². The summed E-state index contributed by atoms with van der Waals surface area (Å²) >= 11 is 0. The Balaban J connectivity index is 2.36. The number of fused-ring (bicyclic) bond motifs is 1. The Morgan fingerprint density at radius 3 is 3.00 bits per heavy atom. The van der Waals surface area contributed by atoms with E-state index in [0.717, 1.165) is 5.65 Å². The Hall–Kier alpha value is -2.63. The van der Waals surface area contributed by atoms with Gasteiger partial charge in [0.2, 0.25) is 0 Å². The van der Waals surface area contributed by atoms with Gasteiger partial charge in [-0.25, -0.2) is 9.78 Å². The molecule has 0 fully saturated rings. The number of pyridine rings is 1. The fourth-order valence-corrected chi connectivity index (χ4v) is 1.98. The van der Waals surface area contributed by atoms with Gasteiger partial charge in [-0.05, 0) is 12.1 Å². The van der Waals surface area contributed by atoms with E-state index < -0.39 is 0 Å². The van der Waals surface area contributed by atoms with E-state index in [1.807, 2.05) is 28.8 Å². The maximum absolute atomic E-state index is 11.6. The average Bonchev–Trinajstić information content (AvgIpc) is 2.92. The number of carbonyl (C=O) groups excluding carboxylic acids is 1. The molecule has 0 radical (unpaired) electrons. The molecule has 6 nitrogen and oxygen atoms in total. The standard InChI is InChI=1S/C12H10N4O2/c1-15-9(7-17)11(14-12(15)18)8-6-13-10-4-2-3-5-16(8)10/h2-7H,1H3,(H,14,18). The van der Waals surface area contributed by atoms with Gasteiger partial charge in [-0.1, -0.05) is 6.07 Å². The maximum atomic E-state index is 11.6. The lowest BCUT2D eigenvalue weighted by Gasteiger charge is -2.00. The number of hydrogen-bond donors (Lipinski definition) is 1. The highest BCUT2D eigenvalue weighted by molar-refractivity contribution is 5.83. The number of hydrogen-bond acceptors (Lipinski definition) is 3. The van der Waals surface area contributed by atoms with Crippen LogP contribution in [0.25, 0.3) is 17.0 Å². The number of aromatic amines is 1. The largest absolute Gasteiger partial charge is 0.326 e. The van der Waals surface area contributed by atoms with E-state index in [0.29, 0.717) is 23.4 Å². The molecule has 3 heterocycles. The van der Waals surface area contributed by atoms with Crippen LogP contribution in [0.2, 0.25) is 0 Å². The van der Waals surface area contributed by atoms with Gasteiger partial charge in [0.05, 0.1) is 17.6 Å². The normalized spacial score (nSPS) is 10.9. The molecular formula is C12H10N4O2. The van der Waals surface area contributed by atoms with E-state index in [-0.39, 0.29) is 5.69 Å². The first-order valence-corrected chi connectivity index (χ1v) is 5.39. The number of aldehydes is 1. The van der Waals surface area contributed by atoms with Gasteiger partial charge in [-0.2, -0.15) is 0 Å². The van der Waals surface area contributed by atoms with Crippen LogP contribution in [0.1, 0.15) is 10.5 Å². The molecule has 0 saturated heterocycles. The molecule has 0 aliphatic heterocycles. The van der Waals surface area contributed by atoms with Crippen LogP contribution in [-0.4, -0.2) is 25.2 Å². The highest BCUT2D eigenvalue weighted by Gasteiger charge is 2.15. The number of aromatic nitrogens is 4. The first-order chi connectivity index (χ1) is 8.72. The molecule has 0 amide bonds. The van der Waals surface area contributed by atoms with Crippen molar-refractivity contribution in [1.29, 1.82) is 0 Å². The molecular weight excluding hydrogens is 232 g/mol. The van der Waals surface area contributed by atoms with Crippen molar-refractivity contribution in [1.82, 2.24) is 18.9 Å². The van der Waals surface area contributed by atoms with Crippen molar-refractivity contribution in [2.24, 2.45) is 7.05 Å². The highest BCUT2D eigenvalue weighted by Crippen LogP contribution is 2.20. The molecule has 0 unspecified atom stereocenters. The van der Waals surface area contributed by atoms with Crippen molar-refractivity contribution in [3.63, 3.8) is 0 Å². The average molecular weight is 242 g/mol. The van der Waals surface area contributed by atoms with E-state index in [1.165, 1.54) is 4.57 Å². The zero-order valence-corrected chi connectivity index (χ0v) is 9.62. The van der Waals surface area contributed by atoms with Crippen LogP contribution in [0.15, 0.2) is 35.4 Å². The van der Waals surface area contributed by atoms with E-state index in [1.54, 1.807) is 13.2 Å². The second-order valence-corrected chi connectivity index (χ2v) is 3.94. The first kappa shape index (κ1) is 10.5. The predicted molar refractivity (Wildman–Crippen MR) is 65.6 cm³/mol. The Bertz CT molecular complexity index is 794. The lowest BCUT2D eigenvalue weighted by molar-refractivity contribution is 0.111. The molecule has 1 N–H and O–H groups in total. The zero-order chi connectivity index (χ0) is 12.7.